The molecule has 4 heteroatoms. The lowest BCUT2D eigenvalue weighted by Crippen LogP contribution is -2.43. The molecule has 0 aromatic heterocycles. The van der Waals surface area contributed by atoms with Gasteiger partial charge in [-0.2, -0.15) is 0 Å². The summed E-state index contributed by atoms with van der Waals surface area (Å²) >= 11 is 0. The van der Waals surface area contributed by atoms with Crippen LogP contribution in [0.2, 0.25) is 0 Å². The first-order valence-corrected chi connectivity index (χ1v) is 2.50. The number of rotatable bonds is 0. The summed E-state index contributed by atoms with van der Waals surface area (Å²) in [5, 5.41) is 0.611. The van der Waals surface area contributed by atoms with Gasteiger partial charge in [0.1, 0.15) is 0 Å². The maximum Gasteiger partial charge on any atom is 0.267 e. The van der Waals surface area contributed by atoms with Gasteiger partial charge >= 0.3 is 0 Å². The van der Waals surface area contributed by atoms with Crippen LogP contribution in [0.4, 0.5) is 0 Å². The average molecular weight is 126 g/mol. The lowest BCUT2D eigenvalue weighted by molar-refractivity contribution is -0.142. The highest BCUT2D eigenvalue weighted by Gasteiger charge is 2.17. The van der Waals surface area contributed by atoms with Gasteiger partial charge in [0.25, 0.3) is 5.91 Å². The molecule has 0 unspecified atom stereocenters. The van der Waals surface area contributed by atoms with Crippen LogP contribution in [0.15, 0.2) is 12.2 Å². The normalized spacial score (nSPS) is 19.0. The predicted octanol–water partition coefficient (Wildman–Crippen LogP) is -0.825. The summed E-state index contributed by atoms with van der Waals surface area (Å²) in [5.41, 5.74) is 0. The molecule has 0 saturated carbocycles. The Hall–Kier alpha value is -1.16. The van der Waals surface area contributed by atoms with Gasteiger partial charge in [0.15, 0.2) is 0 Å². The first kappa shape index (κ1) is 5.97. The lowest BCUT2D eigenvalue weighted by Gasteiger charge is -2.13. The second kappa shape index (κ2) is 1.99. The zero-order chi connectivity index (χ0) is 6.85. The van der Waals surface area contributed by atoms with Crippen LogP contribution in [-0.2, 0) is 9.59 Å². The minimum atomic E-state index is -0.453. The molecule has 0 aromatic carbocycles. The van der Waals surface area contributed by atoms with E-state index in [0.29, 0.717) is 5.01 Å². The van der Waals surface area contributed by atoms with Crippen molar-refractivity contribution in [1.82, 2.24) is 5.01 Å². The quantitative estimate of drug-likeness (QED) is 0.262. The fourth-order valence-corrected chi connectivity index (χ4v) is 0.562. The van der Waals surface area contributed by atoms with Crippen molar-refractivity contribution in [3.8, 4) is 0 Å². The van der Waals surface area contributed by atoms with Gasteiger partial charge in [-0.05, 0) is 0 Å². The van der Waals surface area contributed by atoms with E-state index >= 15 is 0 Å². The molecule has 1 aliphatic rings. The molecule has 48 valence electrons. The Kier molecular flexibility index (Phi) is 1.32. The van der Waals surface area contributed by atoms with Crippen molar-refractivity contribution >= 4 is 11.8 Å². The molecule has 0 radical (unpaired) electrons. The Morgan fingerprint density at radius 3 is 2.67 bits per heavy atom. The smallest absolute Gasteiger partial charge is 0.267 e. The third-order valence-corrected chi connectivity index (χ3v) is 1.06. The van der Waals surface area contributed by atoms with E-state index in [4.69, 9.17) is 5.84 Å². The minimum Gasteiger partial charge on any atom is -0.273 e. The van der Waals surface area contributed by atoms with E-state index in [-0.39, 0.29) is 12.3 Å². The van der Waals surface area contributed by atoms with E-state index in [1.54, 1.807) is 0 Å². The summed E-state index contributed by atoms with van der Waals surface area (Å²) in [7, 11) is 0. The van der Waals surface area contributed by atoms with Crippen molar-refractivity contribution in [1.29, 1.82) is 0 Å². The van der Waals surface area contributed by atoms with Gasteiger partial charge in [0, 0.05) is 12.5 Å². The maximum absolute atomic E-state index is 10.5. The molecule has 0 bridgehead atoms. The van der Waals surface area contributed by atoms with Crippen LogP contribution in [0, 0.1) is 0 Å². The summed E-state index contributed by atoms with van der Waals surface area (Å²) in [4.78, 5) is 21.0. The third-order valence-electron chi connectivity index (χ3n) is 1.06. The number of hydrogen-bond donors (Lipinski definition) is 1. The highest BCUT2D eigenvalue weighted by atomic mass is 16.2. The molecule has 1 aliphatic heterocycles. The number of carbonyl (C=O) groups excluding carboxylic acids is 2. The highest BCUT2D eigenvalue weighted by molar-refractivity contribution is 6.03. The summed E-state index contributed by atoms with van der Waals surface area (Å²) in [5.74, 6) is 4.19. The van der Waals surface area contributed by atoms with Crippen LogP contribution < -0.4 is 5.84 Å². The fourth-order valence-electron chi connectivity index (χ4n) is 0.562. The Bertz CT molecular complexity index is 185. The molecular weight excluding hydrogens is 120 g/mol. The maximum atomic E-state index is 10.5. The Labute approximate surface area is 51.9 Å². The molecule has 0 saturated heterocycles. The number of nitrogens with two attached hydrogens (primary N) is 1. The number of amides is 2. The molecule has 1 heterocycles. The third kappa shape index (κ3) is 0.972. The van der Waals surface area contributed by atoms with Crippen LogP contribution in [0.5, 0.6) is 0 Å². The Balaban J connectivity index is 2.81. The number of nitrogens with zero attached hydrogens (tertiary/aromatic N) is 1. The van der Waals surface area contributed by atoms with Crippen LogP contribution in [0.3, 0.4) is 0 Å². The van der Waals surface area contributed by atoms with E-state index in [9.17, 15) is 9.59 Å². The monoisotopic (exact) mass is 126 g/mol. The van der Waals surface area contributed by atoms with Crippen molar-refractivity contribution in [2.45, 2.75) is 6.42 Å². The number of carbonyl (C=O) groups is 2. The first-order chi connectivity index (χ1) is 4.22. The van der Waals surface area contributed by atoms with Crippen molar-refractivity contribution in [2.24, 2.45) is 5.84 Å². The molecule has 2 amide bonds. The fraction of sp³-hybridized carbons (Fsp3) is 0.200. The topological polar surface area (TPSA) is 63.4 Å². The van der Waals surface area contributed by atoms with Crippen molar-refractivity contribution in [3.63, 3.8) is 0 Å². The van der Waals surface area contributed by atoms with Gasteiger partial charge in [-0.3, -0.25) is 9.59 Å². The van der Waals surface area contributed by atoms with Crippen LogP contribution in [-0.4, -0.2) is 16.8 Å². The standard InChI is InChI=1S/C5H6N2O2/c6-7-4(8)2-1-3-5(7)9/h1-2H,3,6H2. The number of hydrogen-bond acceptors (Lipinski definition) is 3. The van der Waals surface area contributed by atoms with E-state index < -0.39 is 5.91 Å². The van der Waals surface area contributed by atoms with Crippen molar-refractivity contribution in [3.05, 3.63) is 12.2 Å². The van der Waals surface area contributed by atoms with Crippen molar-refractivity contribution in [2.75, 3.05) is 0 Å². The SMILES string of the molecule is NN1C(=O)C=CCC1=O. The second-order valence-electron chi connectivity index (χ2n) is 1.71. The van der Waals surface area contributed by atoms with Gasteiger partial charge in [0.2, 0.25) is 5.91 Å². The molecule has 0 atom stereocenters. The van der Waals surface area contributed by atoms with E-state index in [0.717, 1.165) is 0 Å². The average Bonchev–Trinajstić information content (AvgIpc) is 1.83. The largest absolute Gasteiger partial charge is 0.273 e. The molecule has 0 aliphatic carbocycles. The van der Waals surface area contributed by atoms with Crippen molar-refractivity contribution < 1.29 is 9.59 Å². The van der Waals surface area contributed by atoms with Gasteiger partial charge in [0.05, 0.1) is 0 Å². The van der Waals surface area contributed by atoms with Gasteiger partial charge in [-0.1, -0.05) is 6.08 Å². The van der Waals surface area contributed by atoms with Gasteiger partial charge in [-0.15, -0.1) is 0 Å². The molecular formula is C5H6N2O2. The van der Waals surface area contributed by atoms with E-state index in [1.165, 1.54) is 12.2 Å². The summed E-state index contributed by atoms with van der Waals surface area (Å²) in [6.45, 7) is 0. The lowest BCUT2D eigenvalue weighted by atomic mass is 10.3. The Morgan fingerprint density at radius 2 is 2.22 bits per heavy atom. The van der Waals surface area contributed by atoms with Gasteiger partial charge < -0.3 is 0 Å². The highest BCUT2D eigenvalue weighted by Crippen LogP contribution is 1.98. The van der Waals surface area contributed by atoms with E-state index in [2.05, 4.69) is 0 Å². The summed E-state index contributed by atoms with van der Waals surface area (Å²) < 4.78 is 0. The van der Waals surface area contributed by atoms with E-state index in [1.807, 2.05) is 0 Å². The molecule has 4 nitrogen and oxygen atoms in total. The van der Waals surface area contributed by atoms with Crippen LogP contribution in [0.1, 0.15) is 6.42 Å². The van der Waals surface area contributed by atoms with Gasteiger partial charge in [-0.25, -0.2) is 10.9 Å². The predicted molar refractivity (Wildman–Crippen MR) is 29.8 cm³/mol. The summed E-state index contributed by atoms with van der Waals surface area (Å²) in [6.07, 6.45) is 3.00. The molecule has 2 N–H and O–H groups in total. The molecule has 0 spiro atoms. The summed E-state index contributed by atoms with van der Waals surface area (Å²) in [6, 6.07) is 0. The molecule has 9 heavy (non-hydrogen) atoms. The number of hydrazine groups is 1. The minimum absolute atomic E-state index is 0.224. The van der Waals surface area contributed by atoms with Crippen LogP contribution >= 0.6 is 0 Å². The number of imide groups is 1. The Morgan fingerprint density at radius 1 is 1.56 bits per heavy atom. The molecule has 0 aromatic rings. The zero-order valence-corrected chi connectivity index (χ0v) is 4.70. The van der Waals surface area contributed by atoms with Crippen LogP contribution in [0.25, 0.3) is 0 Å². The zero-order valence-electron chi connectivity index (χ0n) is 4.70. The second-order valence-corrected chi connectivity index (χ2v) is 1.71. The molecule has 0 fully saturated rings. The molecule has 1 rings (SSSR count). The first-order valence-electron chi connectivity index (χ1n) is 2.50.